The third kappa shape index (κ3) is 6.56. The van der Waals surface area contributed by atoms with Gasteiger partial charge in [-0.05, 0) is 42.5 Å². The number of aliphatic imine (C=N–C) groups is 1. The lowest BCUT2D eigenvalue weighted by atomic mass is 9.98. The second-order valence-corrected chi connectivity index (χ2v) is 7.89. The first-order valence-corrected chi connectivity index (χ1v) is 10.6. The van der Waals surface area contributed by atoms with Crippen molar-refractivity contribution in [3.63, 3.8) is 0 Å². The standard InChI is InChI=1S/C23H28FN5O.HI/c24-20-9-4-10-21(14-20)27-22(30)26-15-19-8-5-12-28(17-19)23-25-11-13-29(23)16-18-6-2-1-3-7-18;/h1-4,6-7,9-10,14,19H,5,8,11-13,15-17H2,(H2,26,27,30);1H. The highest BCUT2D eigenvalue weighted by Gasteiger charge is 2.28. The number of piperidine rings is 1. The molecule has 2 amide bonds. The van der Waals surface area contributed by atoms with Gasteiger partial charge in [-0.2, -0.15) is 0 Å². The van der Waals surface area contributed by atoms with E-state index in [1.807, 2.05) is 6.07 Å². The molecular formula is C23H29FIN5O. The number of hydrogen-bond donors (Lipinski definition) is 2. The molecule has 0 aliphatic carbocycles. The number of benzene rings is 2. The molecule has 1 fully saturated rings. The summed E-state index contributed by atoms with van der Waals surface area (Å²) >= 11 is 0. The maximum atomic E-state index is 13.3. The van der Waals surface area contributed by atoms with E-state index in [0.29, 0.717) is 18.2 Å². The molecule has 0 saturated carbocycles. The lowest BCUT2D eigenvalue weighted by Crippen LogP contribution is -2.48. The molecule has 31 heavy (non-hydrogen) atoms. The fourth-order valence-electron chi connectivity index (χ4n) is 4.12. The molecule has 4 rings (SSSR count). The summed E-state index contributed by atoms with van der Waals surface area (Å²) in [5.74, 6) is 1.07. The molecule has 1 unspecified atom stereocenters. The van der Waals surface area contributed by atoms with Gasteiger partial charge < -0.3 is 20.4 Å². The van der Waals surface area contributed by atoms with Crippen LogP contribution < -0.4 is 10.6 Å². The number of halogens is 2. The van der Waals surface area contributed by atoms with E-state index in [1.54, 1.807) is 12.1 Å². The number of urea groups is 1. The number of anilines is 1. The molecule has 2 heterocycles. The van der Waals surface area contributed by atoms with Gasteiger partial charge in [0.15, 0.2) is 5.96 Å². The number of carbonyl (C=O) groups excluding carboxylic acids is 1. The highest BCUT2D eigenvalue weighted by molar-refractivity contribution is 14.0. The van der Waals surface area contributed by atoms with Crippen molar-refractivity contribution in [3.05, 3.63) is 66.0 Å². The number of rotatable bonds is 5. The summed E-state index contributed by atoms with van der Waals surface area (Å²) in [6.07, 6.45) is 2.15. The lowest BCUT2D eigenvalue weighted by molar-refractivity contribution is 0.222. The molecule has 0 aromatic heterocycles. The topological polar surface area (TPSA) is 60.0 Å². The van der Waals surface area contributed by atoms with Crippen LogP contribution in [0, 0.1) is 11.7 Å². The average molecular weight is 537 g/mol. The highest BCUT2D eigenvalue weighted by atomic mass is 127. The summed E-state index contributed by atoms with van der Waals surface area (Å²) in [6, 6.07) is 16.1. The second-order valence-electron chi connectivity index (χ2n) is 7.89. The Labute approximate surface area is 199 Å². The maximum Gasteiger partial charge on any atom is 0.319 e. The number of guanidine groups is 1. The molecule has 8 heteroatoms. The number of hydrogen-bond acceptors (Lipinski definition) is 4. The summed E-state index contributed by atoms with van der Waals surface area (Å²) in [6.45, 7) is 5.11. The first-order valence-electron chi connectivity index (χ1n) is 10.6. The van der Waals surface area contributed by atoms with E-state index in [0.717, 1.165) is 51.5 Å². The van der Waals surface area contributed by atoms with E-state index in [2.05, 4.69) is 44.7 Å². The van der Waals surface area contributed by atoms with Crippen molar-refractivity contribution >= 4 is 41.7 Å². The van der Waals surface area contributed by atoms with Crippen LogP contribution in [0.4, 0.5) is 14.9 Å². The lowest BCUT2D eigenvalue weighted by Gasteiger charge is -2.37. The van der Waals surface area contributed by atoms with Crippen molar-refractivity contribution in [1.82, 2.24) is 15.1 Å². The molecule has 0 bridgehead atoms. The van der Waals surface area contributed by atoms with E-state index >= 15 is 0 Å². The minimum atomic E-state index is -0.367. The number of carbonyl (C=O) groups is 1. The van der Waals surface area contributed by atoms with Gasteiger partial charge in [-0.3, -0.25) is 4.99 Å². The van der Waals surface area contributed by atoms with Crippen LogP contribution in [0.2, 0.25) is 0 Å². The van der Waals surface area contributed by atoms with Crippen LogP contribution in [-0.4, -0.2) is 54.5 Å². The predicted octanol–water partition coefficient (Wildman–Crippen LogP) is 4.15. The molecule has 166 valence electrons. The zero-order valence-corrected chi connectivity index (χ0v) is 19.8. The van der Waals surface area contributed by atoms with Crippen molar-refractivity contribution in [1.29, 1.82) is 0 Å². The molecule has 6 nitrogen and oxygen atoms in total. The summed E-state index contributed by atoms with van der Waals surface area (Å²) in [7, 11) is 0. The summed E-state index contributed by atoms with van der Waals surface area (Å²) in [5.41, 5.74) is 1.74. The SMILES string of the molecule is I.O=C(NCC1CCCN(C2=NCCN2Cc2ccccc2)C1)Nc1cccc(F)c1. The summed E-state index contributed by atoms with van der Waals surface area (Å²) in [4.78, 5) is 21.6. The van der Waals surface area contributed by atoms with Crippen LogP contribution >= 0.6 is 24.0 Å². The fraction of sp³-hybridized carbons (Fsp3) is 0.391. The highest BCUT2D eigenvalue weighted by Crippen LogP contribution is 2.20. The van der Waals surface area contributed by atoms with Gasteiger partial charge in [-0.15, -0.1) is 24.0 Å². The van der Waals surface area contributed by atoms with Crippen molar-refractivity contribution < 1.29 is 9.18 Å². The smallest absolute Gasteiger partial charge is 0.319 e. The first-order chi connectivity index (χ1) is 14.7. The van der Waals surface area contributed by atoms with Crippen molar-refractivity contribution in [2.75, 3.05) is 38.0 Å². The number of likely N-dealkylation sites (tertiary alicyclic amines) is 1. The Morgan fingerprint density at radius 2 is 1.97 bits per heavy atom. The monoisotopic (exact) mass is 537 g/mol. The quantitative estimate of drug-likeness (QED) is 0.564. The van der Waals surface area contributed by atoms with Gasteiger partial charge in [0.05, 0.1) is 6.54 Å². The van der Waals surface area contributed by atoms with E-state index < -0.39 is 0 Å². The van der Waals surface area contributed by atoms with Crippen LogP contribution in [0.1, 0.15) is 18.4 Å². The zero-order chi connectivity index (χ0) is 20.8. The Bertz CT molecular complexity index is 895. The molecule has 2 aromatic rings. The molecule has 0 radical (unpaired) electrons. The molecule has 2 N–H and O–H groups in total. The fourth-order valence-corrected chi connectivity index (χ4v) is 4.12. The van der Waals surface area contributed by atoms with E-state index in [4.69, 9.17) is 4.99 Å². The van der Waals surface area contributed by atoms with Crippen LogP contribution in [0.3, 0.4) is 0 Å². The third-order valence-electron chi connectivity index (χ3n) is 5.56. The normalized spacial score (nSPS) is 18.2. The average Bonchev–Trinajstić information content (AvgIpc) is 3.21. The Hall–Kier alpha value is -2.36. The van der Waals surface area contributed by atoms with Crippen LogP contribution in [0.25, 0.3) is 0 Å². The van der Waals surface area contributed by atoms with Gasteiger partial charge in [0.1, 0.15) is 5.82 Å². The van der Waals surface area contributed by atoms with Gasteiger partial charge in [-0.1, -0.05) is 36.4 Å². The van der Waals surface area contributed by atoms with Gasteiger partial charge in [0.2, 0.25) is 0 Å². The summed E-state index contributed by atoms with van der Waals surface area (Å²) < 4.78 is 13.3. The Morgan fingerprint density at radius 3 is 2.77 bits per heavy atom. The minimum Gasteiger partial charge on any atom is -0.342 e. The molecule has 1 saturated heterocycles. The van der Waals surface area contributed by atoms with E-state index in [1.165, 1.54) is 17.7 Å². The second kappa shape index (κ2) is 11.3. The van der Waals surface area contributed by atoms with Crippen LogP contribution in [0.15, 0.2) is 59.6 Å². The molecule has 2 aliphatic heterocycles. The maximum absolute atomic E-state index is 13.3. The molecule has 0 spiro atoms. The van der Waals surface area contributed by atoms with Crippen molar-refractivity contribution in [3.8, 4) is 0 Å². The minimum absolute atomic E-state index is 0. The van der Waals surface area contributed by atoms with Crippen molar-refractivity contribution in [2.24, 2.45) is 10.9 Å². The van der Waals surface area contributed by atoms with Gasteiger partial charge in [-0.25, -0.2) is 9.18 Å². The third-order valence-corrected chi connectivity index (χ3v) is 5.56. The first kappa shape index (κ1) is 23.3. The molecular weight excluding hydrogens is 508 g/mol. The summed E-state index contributed by atoms with van der Waals surface area (Å²) in [5, 5.41) is 5.62. The van der Waals surface area contributed by atoms with E-state index in [-0.39, 0.29) is 35.8 Å². The van der Waals surface area contributed by atoms with Crippen LogP contribution in [-0.2, 0) is 6.54 Å². The van der Waals surface area contributed by atoms with Gasteiger partial charge in [0, 0.05) is 38.4 Å². The number of nitrogens with one attached hydrogen (secondary N) is 2. The Morgan fingerprint density at radius 1 is 1.13 bits per heavy atom. The number of nitrogens with zero attached hydrogens (tertiary/aromatic N) is 3. The molecule has 1 atom stereocenters. The van der Waals surface area contributed by atoms with Crippen molar-refractivity contribution in [2.45, 2.75) is 19.4 Å². The molecule has 2 aliphatic rings. The van der Waals surface area contributed by atoms with Gasteiger partial charge in [0.25, 0.3) is 0 Å². The van der Waals surface area contributed by atoms with Crippen LogP contribution in [0.5, 0.6) is 0 Å². The van der Waals surface area contributed by atoms with Gasteiger partial charge >= 0.3 is 6.03 Å². The number of amides is 2. The Kier molecular flexibility index (Phi) is 8.51. The molecule has 2 aromatic carbocycles. The zero-order valence-electron chi connectivity index (χ0n) is 17.5. The largest absolute Gasteiger partial charge is 0.342 e. The van der Waals surface area contributed by atoms with E-state index in [9.17, 15) is 9.18 Å². The Balaban J connectivity index is 0.00000272. The predicted molar refractivity (Wildman–Crippen MR) is 132 cm³/mol.